The molecule has 0 heterocycles. The summed E-state index contributed by atoms with van der Waals surface area (Å²) in [5.74, 6) is 0. The first-order chi connectivity index (χ1) is 15.5. The smallest absolute Gasteiger partial charge is 0.744 e. The van der Waals surface area contributed by atoms with Gasteiger partial charge in [0, 0.05) is 0 Å². The molecule has 2 aromatic rings. The van der Waals surface area contributed by atoms with Crippen LogP contribution >= 0.6 is 0 Å². The van der Waals surface area contributed by atoms with Crippen molar-refractivity contribution >= 4 is 20.9 Å². The molecule has 0 fully saturated rings. The Morgan fingerprint density at radius 2 is 1.15 bits per heavy atom. The first kappa shape index (κ1) is 30.6. The number of aryl methyl sites for hydroxylation is 2. The van der Waals surface area contributed by atoms with Crippen molar-refractivity contribution in [3.8, 4) is 0 Å². The first-order valence-corrected chi connectivity index (χ1v) is 14.4. The van der Waals surface area contributed by atoms with Crippen LogP contribution in [0.15, 0.2) is 35.2 Å². The summed E-state index contributed by atoms with van der Waals surface area (Å²) in [4.78, 5) is -0.0849. The molecule has 0 unspecified atom stereocenters. The Labute approximate surface area is 225 Å². The summed E-state index contributed by atoms with van der Waals surface area (Å²) < 4.78 is 35.4. The maximum absolute atomic E-state index is 11.8. The second kappa shape index (κ2) is 17.1. The molecule has 3 nitrogen and oxygen atoms in total. The van der Waals surface area contributed by atoms with Gasteiger partial charge in [-0.05, 0) is 53.6 Å². The minimum Gasteiger partial charge on any atom is -0.744 e. The van der Waals surface area contributed by atoms with E-state index in [9.17, 15) is 13.0 Å². The van der Waals surface area contributed by atoms with Gasteiger partial charge in [-0.2, -0.15) is 0 Å². The largest absolute Gasteiger partial charge is 1.00 e. The minimum atomic E-state index is -4.48. The van der Waals surface area contributed by atoms with E-state index in [2.05, 4.69) is 19.9 Å². The third-order valence-corrected chi connectivity index (χ3v) is 7.41. The molecule has 0 bridgehead atoms. The second-order valence-corrected chi connectivity index (χ2v) is 10.6. The average Bonchev–Trinajstić information content (AvgIpc) is 2.77. The predicted molar refractivity (Wildman–Crippen MR) is 135 cm³/mol. The molecule has 0 atom stereocenters. The molecule has 5 heteroatoms. The number of fused-ring (bicyclic) bond motifs is 1. The van der Waals surface area contributed by atoms with Crippen LogP contribution in [0.25, 0.3) is 10.8 Å². The fourth-order valence-corrected chi connectivity index (χ4v) is 5.26. The molecule has 2 rings (SSSR count). The van der Waals surface area contributed by atoms with Gasteiger partial charge >= 0.3 is 29.6 Å². The van der Waals surface area contributed by atoms with Crippen LogP contribution in [0.5, 0.6) is 0 Å². The zero-order valence-corrected chi connectivity index (χ0v) is 24.1. The van der Waals surface area contributed by atoms with Crippen LogP contribution in [-0.2, 0) is 23.0 Å². The molecular formula is C28H43NaO3S. The summed E-state index contributed by atoms with van der Waals surface area (Å²) in [6.45, 7) is 4.48. The normalized spacial score (nSPS) is 11.6. The van der Waals surface area contributed by atoms with Crippen molar-refractivity contribution in [3.05, 3.63) is 41.5 Å². The zero-order valence-electron chi connectivity index (χ0n) is 21.3. The SMILES string of the molecule is CCCCCCCCCc1ccc2c(S(=O)(=O)[O-])ccc(CCCCCCCCC)c2c1.[Na+]. The van der Waals surface area contributed by atoms with E-state index in [1.165, 1.54) is 94.2 Å². The summed E-state index contributed by atoms with van der Waals surface area (Å²) in [5.41, 5.74) is 2.41. The fraction of sp³-hybridized carbons (Fsp3) is 0.643. The fourth-order valence-electron chi connectivity index (χ4n) is 4.58. The number of hydrogen-bond donors (Lipinski definition) is 0. The maximum Gasteiger partial charge on any atom is 1.00 e. The molecule has 0 aliphatic carbocycles. The van der Waals surface area contributed by atoms with Crippen molar-refractivity contribution in [1.29, 1.82) is 0 Å². The Morgan fingerprint density at radius 1 is 0.636 bits per heavy atom. The molecule has 180 valence electrons. The van der Waals surface area contributed by atoms with Gasteiger partial charge in [0.1, 0.15) is 10.1 Å². The summed E-state index contributed by atoms with van der Waals surface area (Å²) in [7, 11) is -4.48. The maximum atomic E-state index is 11.8. The van der Waals surface area contributed by atoms with Crippen molar-refractivity contribution in [2.24, 2.45) is 0 Å². The van der Waals surface area contributed by atoms with Gasteiger partial charge in [0.25, 0.3) is 0 Å². The minimum absolute atomic E-state index is 0. The monoisotopic (exact) mass is 482 g/mol. The molecule has 0 aromatic heterocycles. The predicted octanol–water partition coefficient (Wildman–Crippen LogP) is 5.33. The van der Waals surface area contributed by atoms with Crippen LogP contribution in [-0.4, -0.2) is 13.0 Å². The van der Waals surface area contributed by atoms with Crippen LogP contribution in [0, 0.1) is 0 Å². The van der Waals surface area contributed by atoms with Crippen LogP contribution in [0.4, 0.5) is 0 Å². The van der Waals surface area contributed by atoms with Crippen LogP contribution in [0.1, 0.15) is 115 Å². The van der Waals surface area contributed by atoms with Crippen molar-refractivity contribution in [1.82, 2.24) is 0 Å². The van der Waals surface area contributed by atoms with Crippen molar-refractivity contribution < 1.29 is 42.5 Å². The summed E-state index contributed by atoms with van der Waals surface area (Å²) in [6.07, 6.45) is 19.6. The molecule has 33 heavy (non-hydrogen) atoms. The first-order valence-electron chi connectivity index (χ1n) is 13.0. The van der Waals surface area contributed by atoms with Gasteiger partial charge in [-0.3, -0.25) is 0 Å². The van der Waals surface area contributed by atoms with Crippen molar-refractivity contribution in [3.63, 3.8) is 0 Å². The van der Waals surface area contributed by atoms with Crippen LogP contribution in [0.3, 0.4) is 0 Å². The number of rotatable bonds is 17. The third-order valence-electron chi connectivity index (χ3n) is 6.52. The molecule has 0 amide bonds. The van der Waals surface area contributed by atoms with Gasteiger partial charge in [0.2, 0.25) is 0 Å². The average molecular weight is 483 g/mol. The van der Waals surface area contributed by atoms with Crippen LogP contribution < -0.4 is 29.6 Å². The van der Waals surface area contributed by atoms with E-state index >= 15 is 0 Å². The number of hydrogen-bond acceptors (Lipinski definition) is 3. The second-order valence-electron chi connectivity index (χ2n) is 9.30. The van der Waals surface area contributed by atoms with Gasteiger partial charge in [-0.1, -0.05) is 115 Å². The van der Waals surface area contributed by atoms with E-state index in [1.807, 2.05) is 18.2 Å². The molecule has 0 aliphatic heterocycles. The Bertz CT molecular complexity index is 909. The number of unbranched alkanes of at least 4 members (excludes halogenated alkanes) is 12. The van der Waals surface area contributed by atoms with Gasteiger partial charge < -0.3 is 4.55 Å². The van der Waals surface area contributed by atoms with E-state index in [0.29, 0.717) is 5.39 Å². The van der Waals surface area contributed by atoms with Gasteiger partial charge in [-0.15, -0.1) is 0 Å². The van der Waals surface area contributed by atoms with Gasteiger partial charge in [-0.25, -0.2) is 8.42 Å². The standard InChI is InChI=1S/C28H44O3S.Na/c1-3-5-7-9-11-13-15-17-24-19-21-26-27(23-24)25(20-22-28(26)32(29,30)31)18-16-14-12-10-8-6-4-2;/h19-23H,3-18H2,1-2H3,(H,29,30,31);/q;+1/p-1. The molecular weight excluding hydrogens is 439 g/mol. The zero-order chi connectivity index (χ0) is 23.2. The molecule has 0 radical (unpaired) electrons. The quantitative estimate of drug-likeness (QED) is 0.174. The van der Waals surface area contributed by atoms with E-state index in [1.54, 1.807) is 0 Å². The van der Waals surface area contributed by atoms with E-state index < -0.39 is 10.1 Å². The topological polar surface area (TPSA) is 57.2 Å². The van der Waals surface area contributed by atoms with Gasteiger partial charge in [0.15, 0.2) is 0 Å². The van der Waals surface area contributed by atoms with Gasteiger partial charge in [0.05, 0.1) is 4.90 Å². The van der Waals surface area contributed by atoms with Crippen molar-refractivity contribution in [2.45, 2.75) is 121 Å². The molecule has 0 saturated carbocycles. The van der Waals surface area contributed by atoms with Crippen LogP contribution in [0.2, 0.25) is 0 Å². The third kappa shape index (κ3) is 11.3. The van der Waals surface area contributed by atoms with Crippen molar-refractivity contribution in [2.75, 3.05) is 0 Å². The van der Waals surface area contributed by atoms with E-state index in [-0.39, 0.29) is 34.5 Å². The molecule has 0 spiro atoms. The molecule has 0 N–H and O–H groups in total. The summed E-state index contributed by atoms with van der Waals surface area (Å²) in [5, 5.41) is 1.54. The Morgan fingerprint density at radius 3 is 1.70 bits per heavy atom. The summed E-state index contributed by atoms with van der Waals surface area (Å²) >= 11 is 0. The van der Waals surface area contributed by atoms with E-state index in [4.69, 9.17) is 0 Å². The van der Waals surface area contributed by atoms with E-state index in [0.717, 1.165) is 31.1 Å². The Hall–Kier alpha value is -0.390. The number of benzene rings is 2. The summed E-state index contributed by atoms with van der Waals surface area (Å²) in [6, 6.07) is 9.37. The molecule has 0 saturated heterocycles. The Kier molecular flexibility index (Phi) is 15.9. The Balaban J connectivity index is 0.00000544. The molecule has 2 aromatic carbocycles. The molecule has 0 aliphatic rings.